The summed E-state index contributed by atoms with van der Waals surface area (Å²) in [5.41, 5.74) is 0.576. The molecular formula is C22H20F2N2O7. The van der Waals surface area contributed by atoms with Crippen LogP contribution in [0.15, 0.2) is 42.5 Å². The van der Waals surface area contributed by atoms with Crippen molar-refractivity contribution in [2.45, 2.75) is 13.0 Å². The second-order valence-corrected chi connectivity index (χ2v) is 7.26. The summed E-state index contributed by atoms with van der Waals surface area (Å²) in [6.45, 7) is -2.76. The van der Waals surface area contributed by atoms with Crippen molar-refractivity contribution in [1.29, 1.82) is 0 Å². The van der Waals surface area contributed by atoms with Gasteiger partial charge >= 0.3 is 12.6 Å². The van der Waals surface area contributed by atoms with Crippen LogP contribution in [0.4, 0.5) is 20.2 Å². The van der Waals surface area contributed by atoms with Gasteiger partial charge in [0.1, 0.15) is 19.0 Å². The van der Waals surface area contributed by atoms with Crippen molar-refractivity contribution < 1.29 is 42.1 Å². The largest absolute Gasteiger partial charge is 0.486 e. The summed E-state index contributed by atoms with van der Waals surface area (Å²) in [6.07, 6.45) is -0.0695. The van der Waals surface area contributed by atoms with Gasteiger partial charge in [0.05, 0.1) is 11.6 Å². The molecule has 2 amide bonds. The van der Waals surface area contributed by atoms with Gasteiger partial charge in [0.2, 0.25) is 5.91 Å². The lowest BCUT2D eigenvalue weighted by molar-refractivity contribution is -0.151. The van der Waals surface area contributed by atoms with E-state index in [0.717, 1.165) is 0 Å². The third kappa shape index (κ3) is 5.30. The van der Waals surface area contributed by atoms with Crippen LogP contribution in [0, 0.1) is 5.92 Å². The van der Waals surface area contributed by atoms with Gasteiger partial charge in [-0.2, -0.15) is 8.78 Å². The third-order valence-electron chi connectivity index (χ3n) is 5.02. The van der Waals surface area contributed by atoms with Crippen LogP contribution in [0.1, 0.15) is 6.42 Å². The fourth-order valence-corrected chi connectivity index (χ4v) is 3.52. The normalized spacial score (nSPS) is 17.1. The molecule has 2 aliphatic rings. The monoisotopic (exact) mass is 462 g/mol. The number of halogens is 2. The molecule has 33 heavy (non-hydrogen) atoms. The van der Waals surface area contributed by atoms with Crippen molar-refractivity contribution in [3.63, 3.8) is 0 Å². The molecule has 0 aliphatic carbocycles. The molecule has 1 unspecified atom stereocenters. The fraction of sp³-hybridized carbons (Fsp3) is 0.318. The van der Waals surface area contributed by atoms with Crippen LogP contribution in [0.2, 0.25) is 0 Å². The number of carbonyl (C=O) groups excluding carboxylic acids is 3. The molecule has 2 aromatic rings. The second kappa shape index (κ2) is 9.72. The number of ether oxygens (including phenoxy) is 4. The molecule has 2 aliphatic heterocycles. The molecule has 1 saturated heterocycles. The van der Waals surface area contributed by atoms with Crippen LogP contribution >= 0.6 is 0 Å². The van der Waals surface area contributed by atoms with Crippen LogP contribution < -0.4 is 24.4 Å². The third-order valence-corrected chi connectivity index (χ3v) is 5.02. The smallest absolute Gasteiger partial charge is 0.387 e. The quantitative estimate of drug-likeness (QED) is 0.631. The lowest BCUT2D eigenvalue weighted by atomic mass is 10.1. The molecule has 0 spiro atoms. The number of hydrogen-bond acceptors (Lipinski definition) is 7. The first-order valence-corrected chi connectivity index (χ1v) is 10.1. The molecule has 0 aromatic heterocycles. The van der Waals surface area contributed by atoms with E-state index in [4.69, 9.17) is 14.2 Å². The van der Waals surface area contributed by atoms with E-state index in [2.05, 4.69) is 10.1 Å². The van der Waals surface area contributed by atoms with Crippen LogP contribution in [0.25, 0.3) is 0 Å². The summed E-state index contributed by atoms with van der Waals surface area (Å²) in [5, 5.41) is 2.36. The number of anilines is 2. The Morgan fingerprint density at radius 2 is 1.88 bits per heavy atom. The van der Waals surface area contributed by atoms with Crippen LogP contribution in [-0.4, -0.2) is 50.8 Å². The number of amides is 2. The predicted octanol–water partition coefficient (Wildman–Crippen LogP) is 2.59. The summed E-state index contributed by atoms with van der Waals surface area (Å²) in [6, 6.07) is 10.7. The molecule has 1 N–H and O–H groups in total. The van der Waals surface area contributed by atoms with Gasteiger partial charge in [-0.3, -0.25) is 14.4 Å². The number of nitrogens with one attached hydrogen (secondary N) is 1. The topological polar surface area (TPSA) is 103 Å². The molecule has 0 bridgehead atoms. The standard InChI is InChI=1S/C22H20F2N2O7/c23-22(24)33-16-4-2-1-3-15(16)25-19(27)12-32-21(29)13-9-20(28)26(11-13)14-5-6-17-18(10-14)31-8-7-30-17/h1-6,10,13,22H,7-9,11-12H2,(H,25,27). The van der Waals surface area contributed by atoms with Gasteiger partial charge < -0.3 is 29.2 Å². The number of alkyl halides is 2. The average molecular weight is 462 g/mol. The van der Waals surface area contributed by atoms with Crippen molar-refractivity contribution in [2.75, 3.05) is 36.6 Å². The Hall–Kier alpha value is -3.89. The Morgan fingerprint density at radius 3 is 2.67 bits per heavy atom. The molecule has 0 saturated carbocycles. The first kappa shape index (κ1) is 22.3. The van der Waals surface area contributed by atoms with Gasteiger partial charge in [0.15, 0.2) is 18.1 Å². The van der Waals surface area contributed by atoms with E-state index >= 15 is 0 Å². The molecule has 0 radical (unpaired) electrons. The van der Waals surface area contributed by atoms with E-state index in [1.165, 1.54) is 29.2 Å². The van der Waals surface area contributed by atoms with Gasteiger partial charge in [-0.25, -0.2) is 0 Å². The maximum absolute atomic E-state index is 12.5. The molecular weight excluding hydrogens is 442 g/mol. The fourth-order valence-electron chi connectivity index (χ4n) is 3.52. The van der Waals surface area contributed by atoms with E-state index in [9.17, 15) is 23.2 Å². The van der Waals surface area contributed by atoms with Gasteiger partial charge in [-0.05, 0) is 24.3 Å². The zero-order valence-corrected chi connectivity index (χ0v) is 17.3. The van der Waals surface area contributed by atoms with Gasteiger partial charge in [-0.1, -0.05) is 12.1 Å². The lowest BCUT2D eigenvalue weighted by Gasteiger charge is -2.22. The van der Waals surface area contributed by atoms with Crippen molar-refractivity contribution in [3.05, 3.63) is 42.5 Å². The minimum absolute atomic E-state index is 0.0136. The minimum Gasteiger partial charge on any atom is -0.486 e. The number of esters is 1. The Bertz CT molecular complexity index is 1060. The zero-order valence-electron chi connectivity index (χ0n) is 17.3. The first-order valence-electron chi connectivity index (χ1n) is 10.1. The molecule has 2 aromatic carbocycles. The maximum atomic E-state index is 12.5. The number of para-hydroxylation sites is 2. The minimum atomic E-state index is -3.06. The van der Waals surface area contributed by atoms with Gasteiger partial charge in [-0.15, -0.1) is 0 Å². The van der Waals surface area contributed by atoms with Crippen LogP contribution in [0.5, 0.6) is 17.2 Å². The Labute approximate surface area is 187 Å². The van der Waals surface area contributed by atoms with Gasteiger partial charge in [0.25, 0.3) is 5.91 Å². The molecule has 174 valence electrons. The maximum Gasteiger partial charge on any atom is 0.387 e. The number of fused-ring (bicyclic) bond motifs is 1. The summed E-state index contributed by atoms with van der Waals surface area (Å²) >= 11 is 0. The van der Waals surface area contributed by atoms with E-state index in [-0.39, 0.29) is 30.3 Å². The summed E-state index contributed by atoms with van der Waals surface area (Å²) in [4.78, 5) is 38.4. The summed E-state index contributed by atoms with van der Waals surface area (Å²) in [7, 11) is 0. The molecule has 11 heteroatoms. The van der Waals surface area contributed by atoms with E-state index < -0.39 is 31.0 Å². The number of carbonyl (C=O) groups is 3. The summed E-state index contributed by atoms with van der Waals surface area (Å²) in [5.74, 6) is -1.59. The second-order valence-electron chi connectivity index (χ2n) is 7.26. The molecule has 1 atom stereocenters. The zero-order chi connectivity index (χ0) is 23.4. The van der Waals surface area contributed by atoms with Crippen molar-refractivity contribution in [1.82, 2.24) is 0 Å². The molecule has 9 nitrogen and oxygen atoms in total. The predicted molar refractivity (Wildman–Crippen MR) is 111 cm³/mol. The lowest BCUT2D eigenvalue weighted by Crippen LogP contribution is -2.28. The van der Waals surface area contributed by atoms with Gasteiger partial charge in [0, 0.05) is 24.7 Å². The van der Waals surface area contributed by atoms with Crippen LogP contribution in [0.3, 0.4) is 0 Å². The SMILES string of the molecule is O=C(COC(=O)C1CC(=O)N(c2ccc3c(c2)OCCO3)C1)Nc1ccccc1OC(F)F. The van der Waals surface area contributed by atoms with Crippen LogP contribution in [-0.2, 0) is 19.1 Å². The number of rotatable bonds is 7. The highest BCUT2D eigenvalue weighted by molar-refractivity contribution is 6.00. The van der Waals surface area contributed by atoms with E-state index in [0.29, 0.717) is 30.4 Å². The van der Waals surface area contributed by atoms with Crippen molar-refractivity contribution in [3.8, 4) is 17.2 Å². The highest BCUT2D eigenvalue weighted by atomic mass is 19.3. The van der Waals surface area contributed by atoms with E-state index in [1.54, 1.807) is 18.2 Å². The molecule has 2 heterocycles. The Kier molecular flexibility index (Phi) is 6.57. The van der Waals surface area contributed by atoms with Crippen molar-refractivity contribution >= 4 is 29.2 Å². The summed E-state index contributed by atoms with van der Waals surface area (Å²) < 4.78 is 45.3. The average Bonchev–Trinajstić information content (AvgIpc) is 3.20. The first-order chi connectivity index (χ1) is 15.9. The Morgan fingerprint density at radius 1 is 1.12 bits per heavy atom. The highest BCUT2D eigenvalue weighted by Crippen LogP contribution is 2.36. The number of benzene rings is 2. The molecule has 1 fully saturated rings. The number of hydrogen-bond donors (Lipinski definition) is 1. The van der Waals surface area contributed by atoms with Crippen molar-refractivity contribution in [2.24, 2.45) is 5.92 Å². The Balaban J connectivity index is 1.32. The highest BCUT2D eigenvalue weighted by Gasteiger charge is 2.37. The molecule has 4 rings (SSSR count). The van der Waals surface area contributed by atoms with E-state index in [1.807, 2.05) is 0 Å². The number of nitrogens with zero attached hydrogens (tertiary/aromatic N) is 1.